The zero-order valence-electron chi connectivity index (χ0n) is 8.54. The number of benzene rings is 1. The lowest BCUT2D eigenvalue weighted by Gasteiger charge is -2.30. The molecule has 3 nitrogen and oxygen atoms in total. The Balaban J connectivity index is 2.31. The van der Waals surface area contributed by atoms with Crippen LogP contribution in [0.4, 0.5) is 0 Å². The maximum atomic E-state index is 11.4. The standard InChI is InChI=1S/C11H12Br2N2O/c12-7-3-6(4-8(13)5-7)11-9(14)1-2-10(16)15-11/h3-5,9,11H,1-2,14H2,(H,15,16). The van der Waals surface area contributed by atoms with Gasteiger partial charge >= 0.3 is 0 Å². The summed E-state index contributed by atoms with van der Waals surface area (Å²) in [6.45, 7) is 0. The molecule has 2 rings (SSSR count). The van der Waals surface area contributed by atoms with Gasteiger partial charge in [-0.3, -0.25) is 4.79 Å². The van der Waals surface area contributed by atoms with Crippen molar-refractivity contribution in [1.29, 1.82) is 0 Å². The minimum absolute atomic E-state index is 0.0149. The molecule has 2 unspecified atom stereocenters. The fourth-order valence-electron chi connectivity index (χ4n) is 1.90. The van der Waals surface area contributed by atoms with Crippen molar-refractivity contribution in [2.24, 2.45) is 5.73 Å². The number of hydrogen-bond acceptors (Lipinski definition) is 2. The number of halogens is 2. The van der Waals surface area contributed by atoms with Crippen LogP contribution >= 0.6 is 31.9 Å². The Labute approximate surface area is 111 Å². The van der Waals surface area contributed by atoms with E-state index in [9.17, 15) is 4.79 Å². The van der Waals surface area contributed by atoms with Gasteiger partial charge in [-0.25, -0.2) is 0 Å². The highest BCUT2D eigenvalue weighted by atomic mass is 79.9. The molecule has 2 atom stereocenters. The third-order valence-corrected chi connectivity index (χ3v) is 3.61. The van der Waals surface area contributed by atoms with Crippen LogP contribution < -0.4 is 11.1 Å². The van der Waals surface area contributed by atoms with E-state index < -0.39 is 0 Å². The van der Waals surface area contributed by atoms with E-state index in [-0.39, 0.29) is 18.0 Å². The minimum atomic E-state index is -0.0879. The van der Waals surface area contributed by atoms with Gasteiger partial charge < -0.3 is 11.1 Å². The molecule has 1 amide bonds. The Morgan fingerprint density at radius 2 is 1.88 bits per heavy atom. The van der Waals surface area contributed by atoms with E-state index in [2.05, 4.69) is 37.2 Å². The maximum Gasteiger partial charge on any atom is 0.220 e. The first-order valence-electron chi connectivity index (χ1n) is 5.07. The molecule has 0 radical (unpaired) electrons. The molecule has 1 aliphatic rings. The maximum absolute atomic E-state index is 11.4. The molecular formula is C11H12Br2N2O. The van der Waals surface area contributed by atoms with Gasteiger partial charge in [0, 0.05) is 21.4 Å². The monoisotopic (exact) mass is 346 g/mol. The third-order valence-electron chi connectivity index (χ3n) is 2.69. The highest BCUT2D eigenvalue weighted by molar-refractivity contribution is 9.11. The molecule has 0 aromatic heterocycles. The molecule has 0 bridgehead atoms. The predicted octanol–water partition coefficient (Wildman–Crippen LogP) is 2.49. The lowest BCUT2D eigenvalue weighted by atomic mass is 9.93. The molecule has 1 fully saturated rings. The molecule has 1 saturated heterocycles. The summed E-state index contributed by atoms with van der Waals surface area (Å²) < 4.78 is 1.95. The molecule has 0 spiro atoms. The predicted molar refractivity (Wildman–Crippen MR) is 69.9 cm³/mol. The summed E-state index contributed by atoms with van der Waals surface area (Å²) in [5.74, 6) is 0.0720. The van der Waals surface area contributed by atoms with Crippen molar-refractivity contribution in [3.63, 3.8) is 0 Å². The van der Waals surface area contributed by atoms with E-state index in [0.29, 0.717) is 6.42 Å². The number of hydrogen-bond donors (Lipinski definition) is 2. The average molecular weight is 348 g/mol. The quantitative estimate of drug-likeness (QED) is 0.820. The van der Waals surface area contributed by atoms with Gasteiger partial charge in [-0.2, -0.15) is 0 Å². The Bertz CT molecular complexity index is 402. The van der Waals surface area contributed by atoms with E-state index in [1.54, 1.807) is 0 Å². The van der Waals surface area contributed by atoms with Crippen LogP contribution in [0, 0.1) is 0 Å². The zero-order chi connectivity index (χ0) is 11.7. The molecule has 1 aromatic carbocycles. The van der Waals surface area contributed by atoms with Crippen molar-refractivity contribution in [2.45, 2.75) is 24.9 Å². The van der Waals surface area contributed by atoms with Crippen LogP contribution in [0.1, 0.15) is 24.4 Å². The molecular weight excluding hydrogens is 336 g/mol. The summed E-state index contributed by atoms with van der Waals surface area (Å²) in [7, 11) is 0. The number of carbonyl (C=O) groups excluding carboxylic acids is 1. The summed E-state index contributed by atoms with van der Waals surface area (Å²) in [6, 6.07) is 5.83. The Hall–Kier alpha value is -0.390. The van der Waals surface area contributed by atoms with Crippen LogP contribution in [0.15, 0.2) is 27.1 Å². The lowest BCUT2D eigenvalue weighted by molar-refractivity contribution is -0.123. The number of carbonyl (C=O) groups is 1. The first kappa shape index (κ1) is 12.1. The van der Waals surface area contributed by atoms with Gasteiger partial charge in [0.15, 0.2) is 0 Å². The van der Waals surface area contributed by atoms with Crippen molar-refractivity contribution < 1.29 is 4.79 Å². The van der Waals surface area contributed by atoms with Crippen LogP contribution in [0.25, 0.3) is 0 Å². The Morgan fingerprint density at radius 1 is 1.25 bits per heavy atom. The van der Waals surface area contributed by atoms with Gasteiger partial charge in [-0.05, 0) is 30.2 Å². The highest BCUT2D eigenvalue weighted by Crippen LogP contribution is 2.28. The van der Waals surface area contributed by atoms with Crippen LogP contribution in [0.5, 0.6) is 0 Å². The van der Waals surface area contributed by atoms with Gasteiger partial charge in [0.2, 0.25) is 5.91 Å². The first-order chi connectivity index (χ1) is 7.56. The van der Waals surface area contributed by atoms with E-state index in [0.717, 1.165) is 20.9 Å². The highest BCUT2D eigenvalue weighted by Gasteiger charge is 2.27. The number of piperidine rings is 1. The summed E-state index contributed by atoms with van der Waals surface area (Å²) in [5, 5.41) is 2.93. The van der Waals surface area contributed by atoms with Gasteiger partial charge in [0.25, 0.3) is 0 Å². The van der Waals surface area contributed by atoms with E-state index in [4.69, 9.17) is 5.73 Å². The molecule has 1 heterocycles. The van der Waals surface area contributed by atoms with Gasteiger partial charge in [0.05, 0.1) is 6.04 Å². The van der Waals surface area contributed by atoms with Crippen molar-refractivity contribution in [3.05, 3.63) is 32.7 Å². The molecule has 86 valence electrons. The van der Waals surface area contributed by atoms with Crippen LogP contribution in [-0.4, -0.2) is 11.9 Å². The normalized spacial score (nSPS) is 25.3. The summed E-state index contributed by atoms with van der Waals surface area (Å²) in [6.07, 6.45) is 1.26. The van der Waals surface area contributed by atoms with Crippen molar-refractivity contribution in [2.75, 3.05) is 0 Å². The number of nitrogens with two attached hydrogens (primary N) is 1. The van der Waals surface area contributed by atoms with E-state index in [1.807, 2.05) is 18.2 Å². The molecule has 0 aliphatic carbocycles. The summed E-state index contributed by atoms with van der Waals surface area (Å²) in [5.41, 5.74) is 7.06. The molecule has 0 saturated carbocycles. The lowest BCUT2D eigenvalue weighted by Crippen LogP contribution is -2.45. The molecule has 5 heteroatoms. The van der Waals surface area contributed by atoms with Gasteiger partial charge in [-0.1, -0.05) is 31.9 Å². The molecule has 1 aliphatic heterocycles. The van der Waals surface area contributed by atoms with E-state index >= 15 is 0 Å². The first-order valence-corrected chi connectivity index (χ1v) is 6.66. The largest absolute Gasteiger partial charge is 0.348 e. The Morgan fingerprint density at radius 3 is 2.50 bits per heavy atom. The molecule has 3 N–H and O–H groups in total. The topological polar surface area (TPSA) is 55.1 Å². The van der Waals surface area contributed by atoms with Crippen molar-refractivity contribution in [3.8, 4) is 0 Å². The van der Waals surface area contributed by atoms with Gasteiger partial charge in [0.1, 0.15) is 0 Å². The number of amides is 1. The number of nitrogens with one attached hydrogen (secondary N) is 1. The Kier molecular flexibility index (Phi) is 3.66. The summed E-state index contributed by atoms with van der Waals surface area (Å²) >= 11 is 6.86. The van der Waals surface area contributed by atoms with Gasteiger partial charge in [-0.15, -0.1) is 0 Å². The minimum Gasteiger partial charge on any atom is -0.348 e. The summed E-state index contributed by atoms with van der Waals surface area (Å²) in [4.78, 5) is 11.4. The fraction of sp³-hybridized carbons (Fsp3) is 0.364. The SMILES string of the molecule is NC1CCC(=O)NC1c1cc(Br)cc(Br)c1. The second-order valence-electron chi connectivity index (χ2n) is 3.95. The van der Waals surface area contributed by atoms with Crippen LogP contribution in [0.2, 0.25) is 0 Å². The molecule has 16 heavy (non-hydrogen) atoms. The zero-order valence-corrected chi connectivity index (χ0v) is 11.7. The smallest absolute Gasteiger partial charge is 0.220 e. The third kappa shape index (κ3) is 2.64. The van der Waals surface area contributed by atoms with Crippen molar-refractivity contribution in [1.82, 2.24) is 5.32 Å². The average Bonchev–Trinajstić information content (AvgIpc) is 2.20. The van der Waals surface area contributed by atoms with Crippen LogP contribution in [-0.2, 0) is 4.79 Å². The molecule has 1 aromatic rings. The van der Waals surface area contributed by atoms with Crippen LogP contribution in [0.3, 0.4) is 0 Å². The second kappa shape index (κ2) is 4.85. The fourth-order valence-corrected chi connectivity index (χ4v) is 3.23. The van der Waals surface area contributed by atoms with Crippen molar-refractivity contribution >= 4 is 37.8 Å². The van der Waals surface area contributed by atoms with E-state index in [1.165, 1.54) is 0 Å². The second-order valence-corrected chi connectivity index (χ2v) is 5.78. The number of rotatable bonds is 1.